The Labute approximate surface area is 150 Å². The Bertz CT molecular complexity index is 841. The van der Waals surface area contributed by atoms with E-state index >= 15 is 0 Å². The monoisotopic (exact) mass is 351 g/mol. The van der Waals surface area contributed by atoms with Crippen LogP contribution in [0.5, 0.6) is 0 Å². The van der Waals surface area contributed by atoms with Crippen molar-refractivity contribution in [3.8, 4) is 10.6 Å². The van der Waals surface area contributed by atoms with E-state index in [0.29, 0.717) is 6.90 Å². The van der Waals surface area contributed by atoms with Crippen molar-refractivity contribution in [3.63, 3.8) is 0 Å². The predicted molar refractivity (Wildman–Crippen MR) is 99.0 cm³/mol. The number of halogens is 1. The van der Waals surface area contributed by atoms with Gasteiger partial charge in [0.25, 0.3) is 0 Å². The van der Waals surface area contributed by atoms with E-state index in [0.717, 1.165) is 11.2 Å². The smallest absolute Gasteiger partial charge is 0.201 e. The molecule has 0 N–H and O–H groups in total. The standard InChI is InChI=1S/C16H18N3S.C2H6.ClH/c1-18(2)11-5-7-13-15(9-11)20-16-10-12(19(3)4)6-8-14(16)17-13;1-2;/h5-10H,1-4H3;1-2H3;1H/q+1;;/p-1/i;1T;. The minimum absolute atomic E-state index is 0. The highest BCUT2D eigenvalue weighted by molar-refractivity contribution is 7.21. The highest BCUT2D eigenvalue weighted by Crippen LogP contribution is 2.31. The summed E-state index contributed by atoms with van der Waals surface area (Å²) in [5.74, 6) is 0. The molecule has 0 fully saturated rings. The second kappa shape index (κ2) is 8.27. The third-order valence-corrected chi connectivity index (χ3v) is 4.47. The van der Waals surface area contributed by atoms with Crippen LogP contribution in [-0.4, -0.2) is 33.2 Å². The van der Waals surface area contributed by atoms with Crippen LogP contribution in [0.25, 0.3) is 20.8 Å². The maximum Gasteiger partial charge on any atom is 0.201 e. The molecular weight excluding hydrogens is 326 g/mol. The molecule has 0 unspecified atom stereocenters. The van der Waals surface area contributed by atoms with E-state index in [4.69, 9.17) is 6.35 Å². The Hall–Kier alpha value is -1.65. The minimum Gasteiger partial charge on any atom is -1.00 e. The molecule has 5 heteroatoms. The fourth-order valence-electron chi connectivity index (χ4n) is 2.16. The highest BCUT2D eigenvalue weighted by atomic mass is 35.5. The van der Waals surface area contributed by atoms with E-state index in [1.807, 2.05) is 0 Å². The van der Waals surface area contributed by atoms with Gasteiger partial charge in [0.15, 0.2) is 0 Å². The van der Waals surface area contributed by atoms with E-state index in [-0.39, 0.29) is 12.4 Å². The number of hydrogen-bond acceptors (Lipinski definition) is 3. The van der Waals surface area contributed by atoms with Crippen molar-refractivity contribution in [1.29, 1.82) is 0 Å². The first kappa shape index (κ1) is 17.7. The van der Waals surface area contributed by atoms with Crippen molar-refractivity contribution in [3.05, 3.63) is 41.8 Å². The second-order valence-electron chi connectivity index (χ2n) is 5.31. The predicted octanol–water partition coefficient (Wildman–Crippen LogP) is 0.529. The fourth-order valence-corrected chi connectivity index (χ4v) is 3.19. The Morgan fingerprint density at radius 3 is 2.43 bits per heavy atom. The van der Waals surface area contributed by atoms with E-state index in [1.165, 1.54) is 20.6 Å². The van der Waals surface area contributed by atoms with Crippen molar-refractivity contribution in [2.24, 2.45) is 0 Å². The number of benzene rings is 2. The molecule has 0 bridgehead atoms. The molecule has 3 rings (SSSR count). The quantitative estimate of drug-likeness (QED) is 0.470. The van der Waals surface area contributed by atoms with Gasteiger partial charge in [-0.2, -0.15) is 0 Å². The minimum atomic E-state index is 0. The lowest BCUT2D eigenvalue weighted by molar-refractivity contribution is -0.00000467. The van der Waals surface area contributed by atoms with E-state index in [9.17, 15) is 0 Å². The zero-order valence-electron chi connectivity index (χ0n) is 15.3. The molecule has 0 aromatic heterocycles. The van der Waals surface area contributed by atoms with Gasteiger partial charge in [-0.3, -0.25) is 0 Å². The molecule has 1 aliphatic heterocycles. The van der Waals surface area contributed by atoms with Crippen molar-refractivity contribution < 1.29 is 13.8 Å². The Morgan fingerprint density at radius 1 is 1.13 bits per heavy atom. The topological polar surface area (TPSA) is 19.1 Å². The molecule has 3 nitrogen and oxygen atoms in total. The normalized spacial score (nSPS) is 10.4. The first-order valence-corrected chi connectivity index (χ1v) is 8.09. The summed E-state index contributed by atoms with van der Waals surface area (Å²) >= 11 is 1.80. The van der Waals surface area contributed by atoms with Gasteiger partial charge in [0, 0.05) is 33.3 Å². The van der Waals surface area contributed by atoms with Crippen molar-refractivity contribution >= 4 is 27.2 Å². The van der Waals surface area contributed by atoms with Crippen LogP contribution in [0.2, 0.25) is 0 Å². The number of hydrogen-bond donors (Lipinski definition) is 0. The van der Waals surface area contributed by atoms with Crippen molar-refractivity contribution in [1.82, 2.24) is 9.56 Å². The Morgan fingerprint density at radius 2 is 1.83 bits per heavy atom. The summed E-state index contributed by atoms with van der Waals surface area (Å²) in [6.07, 6.45) is 0. The van der Waals surface area contributed by atoms with Crippen LogP contribution >= 0.6 is 11.3 Å². The molecule has 2 aliphatic rings. The lowest BCUT2D eigenvalue weighted by Gasteiger charge is -2.13. The molecule has 0 radical (unpaired) electrons. The summed E-state index contributed by atoms with van der Waals surface area (Å²) < 4.78 is 9.55. The molecule has 0 spiro atoms. The molecule has 0 saturated carbocycles. The van der Waals surface area contributed by atoms with E-state index in [2.05, 4.69) is 74.1 Å². The zero-order valence-corrected chi connectivity index (χ0v) is 15.9. The molecule has 1 aliphatic carbocycles. The molecule has 1 aromatic rings. The summed E-state index contributed by atoms with van der Waals surface area (Å²) in [6, 6.07) is 12.8. The van der Waals surface area contributed by atoms with Crippen LogP contribution in [0.4, 0.5) is 5.69 Å². The summed E-state index contributed by atoms with van der Waals surface area (Å²) in [7, 11) is 8.24. The zero-order chi connectivity index (χ0) is 17.0. The summed E-state index contributed by atoms with van der Waals surface area (Å²) in [6.45, 7) is 2.29. The number of nitrogens with zero attached hydrogens (tertiary/aromatic N) is 3. The average molecular weight is 352 g/mol. The van der Waals surface area contributed by atoms with Crippen LogP contribution in [0.3, 0.4) is 0 Å². The third-order valence-electron chi connectivity index (χ3n) is 3.38. The van der Waals surface area contributed by atoms with Crippen LogP contribution in [0.15, 0.2) is 36.4 Å². The van der Waals surface area contributed by atoms with Gasteiger partial charge in [-0.15, -0.1) is 11.3 Å². The van der Waals surface area contributed by atoms with Crippen LogP contribution in [0, 0.1) is 0 Å². The molecule has 0 amide bonds. The summed E-state index contributed by atoms with van der Waals surface area (Å²) in [5, 5.41) is 1.21. The lowest BCUT2D eigenvalue weighted by atomic mass is 10.2. The van der Waals surface area contributed by atoms with Gasteiger partial charge in [0.1, 0.15) is 14.1 Å². The van der Waals surface area contributed by atoms with Crippen LogP contribution < -0.4 is 27.2 Å². The molecule has 23 heavy (non-hydrogen) atoms. The number of aromatic nitrogens is 1. The van der Waals surface area contributed by atoms with Gasteiger partial charge in [-0.1, -0.05) is 13.8 Å². The lowest BCUT2D eigenvalue weighted by Crippen LogP contribution is -3.00. The average Bonchev–Trinajstić information content (AvgIpc) is 2.52. The molecule has 0 atom stereocenters. The van der Waals surface area contributed by atoms with Crippen molar-refractivity contribution in [2.75, 3.05) is 33.1 Å². The van der Waals surface area contributed by atoms with Crippen LogP contribution in [0.1, 0.15) is 15.2 Å². The van der Waals surface area contributed by atoms with Crippen LogP contribution in [-0.2, 0) is 0 Å². The molecule has 0 saturated heterocycles. The van der Waals surface area contributed by atoms with Gasteiger partial charge in [0.2, 0.25) is 5.36 Å². The SMILES string of the molecule is CN(C)c1ccc2nc3ccc(=[N+](C)C)cc-3sc2c1.[3H]CC.[Cl-]. The maximum absolute atomic E-state index is 6.21. The van der Waals surface area contributed by atoms with Gasteiger partial charge in [-0.05, 0) is 24.3 Å². The molecule has 124 valence electrons. The summed E-state index contributed by atoms with van der Waals surface area (Å²) in [5.41, 5.74) is 3.33. The first-order valence-electron chi connectivity index (χ1n) is 7.98. The van der Waals surface area contributed by atoms with Crippen molar-refractivity contribution in [2.45, 2.75) is 13.8 Å². The first-order chi connectivity index (χ1) is 11.0. The number of anilines is 1. The second-order valence-corrected chi connectivity index (χ2v) is 6.39. The number of rotatable bonds is 1. The molecular formula is C18H24ClN3S. The largest absolute Gasteiger partial charge is 1.00 e. The Kier molecular flexibility index (Phi) is 6.37. The summed E-state index contributed by atoms with van der Waals surface area (Å²) in [4.78, 5) is 8.09. The van der Waals surface area contributed by atoms with Gasteiger partial charge >= 0.3 is 0 Å². The Balaban J connectivity index is 0.000000671. The van der Waals surface area contributed by atoms with E-state index < -0.39 is 0 Å². The van der Waals surface area contributed by atoms with Gasteiger partial charge in [-0.25, -0.2) is 9.56 Å². The highest BCUT2D eigenvalue weighted by Gasteiger charge is 2.09. The third kappa shape index (κ3) is 4.21. The fraction of sp³-hybridized carbons (Fsp3) is 0.333. The van der Waals surface area contributed by atoms with Gasteiger partial charge < -0.3 is 17.3 Å². The number of fused-ring (bicyclic) bond motifs is 2. The maximum atomic E-state index is 6.21. The van der Waals surface area contributed by atoms with E-state index in [1.54, 1.807) is 18.3 Å². The van der Waals surface area contributed by atoms with Gasteiger partial charge in [0.05, 0.1) is 20.8 Å². The molecule has 1 heterocycles. The molecule has 1 aromatic carbocycles.